The van der Waals surface area contributed by atoms with E-state index in [1.54, 1.807) is 0 Å². The van der Waals surface area contributed by atoms with E-state index in [1.807, 2.05) is 55.5 Å². The molecule has 1 aromatic heterocycles. The number of aromatic nitrogens is 1. The predicted octanol–water partition coefficient (Wildman–Crippen LogP) is 7.15. The van der Waals surface area contributed by atoms with Gasteiger partial charge in [-0.2, -0.15) is 0 Å². The number of carbonyl (C=O) groups excluding carboxylic acids is 2. The normalized spacial score (nSPS) is 15.2. The van der Waals surface area contributed by atoms with Crippen molar-refractivity contribution in [3.63, 3.8) is 0 Å². The molecule has 1 amide bonds. The van der Waals surface area contributed by atoms with Crippen LogP contribution in [0.5, 0.6) is 0 Å². The summed E-state index contributed by atoms with van der Waals surface area (Å²) < 4.78 is 7.15. The minimum atomic E-state index is -0.244. The van der Waals surface area contributed by atoms with Crippen molar-refractivity contribution in [3.05, 3.63) is 102 Å². The highest BCUT2D eigenvalue weighted by Crippen LogP contribution is 2.35. The fourth-order valence-electron chi connectivity index (χ4n) is 5.21. The fourth-order valence-corrected chi connectivity index (χ4v) is 5.21. The van der Waals surface area contributed by atoms with Crippen molar-refractivity contribution in [1.29, 1.82) is 0 Å². The van der Waals surface area contributed by atoms with Crippen LogP contribution in [0.2, 0.25) is 0 Å². The first-order chi connectivity index (χ1) is 18.0. The molecule has 37 heavy (non-hydrogen) atoms. The topological polar surface area (TPSA) is 60.3 Å². The van der Waals surface area contributed by atoms with Gasteiger partial charge in [0.15, 0.2) is 0 Å². The molecule has 0 spiro atoms. The van der Waals surface area contributed by atoms with Crippen LogP contribution in [0.1, 0.15) is 56.2 Å². The lowest BCUT2D eigenvalue weighted by molar-refractivity contribution is -0.140. The molecule has 0 bridgehead atoms. The molecule has 1 heterocycles. The van der Waals surface area contributed by atoms with Crippen LogP contribution < -0.4 is 5.32 Å². The van der Waals surface area contributed by atoms with Gasteiger partial charge in [-0.3, -0.25) is 9.59 Å². The Morgan fingerprint density at radius 1 is 1.16 bits per heavy atom. The molecule has 4 rings (SSSR count). The van der Waals surface area contributed by atoms with E-state index in [2.05, 4.69) is 46.9 Å². The SMILES string of the molecule is C=C/C(=C\C=C/C)C(c1ccccc1)n1cc(CCC(=O)OC)c2cc(NC(=O)C3CCCC3)ccc21. The molecule has 1 unspecified atom stereocenters. The van der Waals surface area contributed by atoms with Gasteiger partial charge >= 0.3 is 5.97 Å². The number of anilines is 1. The monoisotopic (exact) mass is 496 g/mol. The van der Waals surface area contributed by atoms with E-state index in [0.29, 0.717) is 6.42 Å². The molecule has 1 aliphatic carbocycles. The molecule has 192 valence electrons. The van der Waals surface area contributed by atoms with Crippen LogP contribution in [0.3, 0.4) is 0 Å². The zero-order valence-corrected chi connectivity index (χ0v) is 21.8. The number of allylic oxidation sites excluding steroid dienone is 5. The van der Waals surface area contributed by atoms with Crippen LogP contribution in [0.15, 0.2) is 91.2 Å². The van der Waals surface area contributed by atoms with Crippen molar-refractivity contribution in [2.75, 3.05) is 12.4 Å². The summed E-state index contributed by atoms with van der Waals surface area (Å²) in [5.74, 6) is -0.0581. The second-order valence-electron chi connectivity index (χ2n) is 9.55. The minimum Gasteiger partial charge on any atom is -0.469 e. The largest absolute Gasteiger partial charge is 0.469 e. The minimum absolute atomic E-state index is 0.0912. The molecule has 0 radical (unpaired) electrons. The number of rotatable bonds is 10. The third kappa shape index (κ3) is 6.11. The molecular weight excluding hydrogens is 460 g/mol. The van der Waals surface area contributed by atoms with Crippen molar-refractivity contribution in [2.24, 2.45) is 5.92 Å². The summed E-state index contributed by atoms with van der Waals surface area (Å²) in [5, 5.41) is 4.15. The van der Waals surface area contributed by atoms with E-state index in [1.165, 1.54) is 7.11 Å². The van der Waals surface area contributed by atoms with Gasteiger partial charge in [0.1, 0.15) is 0 Å². The number of nitrogens with one attached hydrogen (secondary N) is 1. The average molecular weight is 497 g/mol. The smallest absolute Gasteiger partial charge is 0.305 e. The van der Waals surface area contributed by atoms with Crippen LogP contribution in [0.4, 0.5) is 5.69 Å². The average Bonchev–Trinajstić information content (AvgIpc) is 3.59. The van der Waals surface area contributed by atoms with Crippen LogP contribution in [-0.2, 0) is 20.7 Å². The molecule has 0 aliphatic heterocycles. The number of nitrogens with zero attached hydrogens (tertiary/aromatic N) is 1. The van der Waals surface area contributed by atoms with Gasteiger partial charge in [-0.25, -0.2) is 0 Å². The Morgan fingerprint density at radius 3 is 2.59 bits per heavy atom. The summed E-state index contributed by atoms with van der Waals surface area (Å²) in [6.07, 6.45) is 15.1. The molecule has 1 N–H and O–H groups in total. The Kier molecular flexibility index (Phi) is 8.78. The molecular formula is C32H36N2O3. The van der Waals surface area contributed by atoms with Crippen LogP contribution in [0, 0.1) is 5.92 Å². The number of amides is 1. The van der Waals surface area contributed by atoms with Crippen molar-refractivity contribution in [2.45, 2.75) is 51.5 Å². The second kappa shape index (κ2) is 12.4. The summed E-state index contributed by atoms with van der Waals surface area (Å²) >= 11 is 0. The lowest BCUT2D eigenvalue weighted by Gasteiger charge is -2.22. The quantitative estimate of drug-likeness (QED) is 0.239. The number of aryl methyl sites for hydroxylation is 1. The van der Waals surface area contributed by atoms with E-state index in [0.717, 1.165) is 59.0 Å². The van der Waals surface area contributed by atoms with Crippen molar-refractivity contribution < 1.29 is 14.3 Å². The number of carbonyl (C=O) groups is 2. The van der Waals surface area contributed by atoms with E-state index in [-0.39, 0.29) is 30.3 Å². The molecule has 5 nitrogen and oxygen atoms in total. The molecule has 3 aromatic rings. The van der Waals surface area contributed by atoms with Gasteiger partial charge in [-0.15, -0.1) is 0 Å². The van der Waals surface area contributed by atoms with Gasteiger partial charge in [-0.05, 0) is 61.1 Å². The highest BCUT2D eigenvalue weighted by molar-refractivity contribution is 5.96. The summed E-state index contributed by atoms with van der Waals surface area (Å²) in [6, 6.07) is 16.3. The van der Waals surface area contributed by atoms with Crippen molar-refractivity contribution in [1.82, 2.24) is 4.57 Å². The van der Waals surface area contributed by atoms with Gasteiger partial charge in [0, 0.05) is 35.1 Å². The molecule has 1 fully saturated rings. The molecule has 1 aliphatic rings. The first kappa shape index (κ1) is 26.2. The molecule has 1 saturated carbocycles. The van der Waals surface area contributed by atoms with Gasteiger partial charge in [0.25, 0.3) is 0 Å². The Labute approximate surface area is 219 Å². The van der Waals surface area contributed by atoms with Gasteiger partial charge in [-0.1, -0.05) is 74.1 Å². The molecule has 2 aromatic carbocycles. The van der Waals surface area contributed by atoms with Crippen LogP contribution in [-0.4, -0.2) is 23.6 Å². The maximum absolute atomic E-state index is 12.8. The van der Waals surface area contributed by atoms with Crippen LogP contribution >= 0.6 is 0 Å². The first-order valence-electron chi connectivity index (χ1n) is 13.1. The maximum Gasteiger partial charge on any atom is 0.305 e. The predicted molar refractivity (Wildman–Crippen MR) is 151 cm³/mol. The number of benzene rings is 2. The van der Waals surface area contributed by atoms with Gasteiger partial charge in [0.05, 0.1) is 13.2 Å². The number of hydrogen-bond acceptors (Lipinski definition) is 3. The zero-order valence-electron chi connectivity index (χ0n) is 21.8. The Balaban J connectivity index is 1.82. The number of methoxy groups -OCH3 is 1. The summed E-state index contributed by atoms with van der Waals surface area (Å²) in [6.45, 7) is 6.10. The number of esters is 1. The van der Waals surface area contributed by atoms with Crippen molar-refractivity contribution in [3.8, 4) is 0 Å². The maximum atomic E-state index is 12.8. The molecule has 0 saturated heterocycles. The van der Waals surface area contributed by atoms with Gasteiger partial charge in [0.2, 0.25) is 5.91 Å². The Hall–Kier alpha value is -3.86. The Morgan fingerprint density at radius 2 is 1.92 bits per heavy atom. The Bertz CT molecular complexity index is 1310. The molecule has 1 atom stereocenters. The summed E-state index contributed by atoms with van der Waals surface area (Å²) in [7, 11) is 1.41. The summed E-state index contributed by atoms with van der Waals surface area (Å²) in [4.78, 5) is 24.8. The highest BCUT2D eigenvalue weighted by atomic mass is 16.5. The lowest BCUT2D eigenvalue weighted by Crippen LogP contribution is -2.20. The third-order valence-corrected chi connectivity index (χ3v) is 7.16. The standard InChI is InChI=1S/C32H36N2O3/c1-4-6-12-23(5-2)31(24-13-8-7-9-14-24)34-22-26(17-20-30(35)37-3)28-21-27(18-19-29(28)34)33-32(36)25-15-10-11-16-25/h4-9,12-14,18-19,21-22,25,31H,2,10-11,15-17,20H2,1,3H3,(H,33,36)/b6-4-,23-12+. The van der Waals surface area contributed by atoms with Crippen molar-refractivity contribution >= 4 is 28.5 Å². The van der Waals surface area contributed by atoms with Gasteiger partial charge < -0.3 is 14.6 Å². The number of fused-ring (bicyclic) bond motifs is 1. The highest BCUT2D eigenvalue weighted by Gasteiger charge is 2.24. The fraction of sp³-hybridized carbons (Fsp3) is 0.312. The number of hydrogen-bond donors (Lipinski definition) is 1. The van der Waals surface area contributed by atoms with E-state index >= 15 is 0 Å². The first-order valence-corrected chi connectivity index (χ1v) is 13.1. The molecule has 5 heteroatoms. The summed E-state index contributed by atoms with van der Waals surface area (Å²) in [5.41, 5.74) is 5.03. The van der Waals surface area contributed by atoms with E-state index < -0.39 is 0 Å². The van der Waals surface area contributed by atoms with E-state index in [9.17, 15) is 9.59 Å². The van der Waals surface area contributed by atoms with Crippen LogP contribution in [0.25, 0.3) is 10.9 Å². The lowest BCUT2D eigenvalue weighted by atomic mass is 9.97. The second-order valence-corrected chi connectivity index (χ2v) is 9.55. The third-order valence-electron chi connectivity index (χ3n) is 7.16. The van der Waals surface area contributed by atoms with E-state index in [4.69, 9.17) is 4.74 Å². The number of ether oxygens (including phenoxy) is 1. The zero-order chi connectivity index (χ0) is 26.2.